The Bertz CT molecular complexity index is 588. The fraction of sp³-hybridized carbons (Fsp3) is 0.962. The summed E-state index contributed by atoms with van der Waals surface area (Å²) in [4.78, 5) is 31.4. The van der Waals surface area contributed by atoms with Crippen LogP contribution in [0, 0.1) is 0 Å². The molecule has 0 aliphatic rings. The number of carbonyl (C=O) groups excluding carboxylic acids is 1. The van der Waals surface area contributed by atoms with Crippen LogP contribution >= 0.6 is 7.60 Å². The third kappa shape index (κ3) is 18.6. The summed E-state index contributed by atoms with van der Waals surface area (Å²) in [7, 11) is -5.67. The van der Waals surface area contributed by atoms with Crippen LogP contribution in [0.3, 0.4) is 0 Å². The zero-order chi connectivity index (χ0) is 26.4. The van der Waals surface area contributed by atoms with Crippen LogP contribution in [0.4, 0.5) is 4.79 Å². The Labute approximate surface area is 217 Å². The largest absolute Gasteiger partial charge is 0.452 e. The molecule has 0 saturated heterocycles. The molecular formula is C26H53O7PS. The van der Waals surface area contributed by atoms with Crippen molar-refractivity contribution in [3.63, 3.8) is 0 Å². The molecule has 0 aliphatic heterocycles. The first-order valence-electron chi connectivity index (χ1n) is 14.0. The number of hydrogen-bond acceptors (Lipinski definition) is 6. The molecule has 9 heteroatoms. The number of hydrogen-bond donors (Lipinski definition) is 1. The minimum atomic E-state index is -4.55. The summed E-state index contributed by atoms with van der Waals surface area (Å²) in [5.74, 6) is 0.593. The maximum absolute atomic E-state index is 13.1. The fourth-order valence-corrected chi connectivity index (χ4v) is 6.27. The highest BCUT2D eigenvalue weighted by Crippen LogP contribution is 2.44. The van der Waals surface area contributed by atoms with Crippen LogP contribution in [0.5, 0.6) is 0 Å². The van der Waals surface area contributed by atoms with Gasteiger partial charge in [0.05, 0.1) is 11.9 Å². The molecule has 0 amide bonds. The number of unbranched alkanes of at least 4 members (excludes halogenated alkanes) is 13. The molecule has 0 aromatic carbocycles. The Morgan fingerprint density at radius 2 is 1.29 bits per heavy atom. The molecule has 210 valence electrons. The molecule has 0 radical (unpaired) electrons. The first-order valence-corrected chi connectivity index (χ1v) is 17.0. The van der Waals surface area contributed by atoms with Gasteiger partial charge < -0.3 is 9.42 Å². The molecule has 0 fully saturated rings. The summed E-state index contributed by atoms with van der Waals surface area (Å²) >= 11 is 0. The van der Waals surface area contributed by atoms with E-state index < -0.39 is 30.2 Å². The second-order valence-electron chi connectivity index (χ2n) is 9.51. The maximum atomic E-state index is 13.1. The van der Waals surface area contributed by atoms with Crippen molar-refractivity contribution < 1.29 is 32.8 Å². The van der Waals surface area contributed by atoms with Gasteiger partial charge in [0.2, 0.25) is 0 Å². The molecule has 1 N–H and O–H groups in total. The molecule has 7 nitrogen and oxygen atoms in total. The lowest BCUT2D eigenvalue weighted by Crippen LogP contribution is -2.32. The van der Waals surface area contributed by atoms with Crippen LogP contribution < -0.4 is 0 Å². The van der Waals surface area contributed by atoms with E-state index in [9.17, 15) is 18.5 Å². The third-order valence-corrected chi connectivity index (χ3v) is 9.18. The highest BCUT2D eigenvalue weighted by Gasteiger charge is 2.35. The van der Waals surface area contributed by atoms with Crippen LogP contribution in [0.25, 0.3) is 0 Å². The molecule has 0 rings (SSSR count). The van der Waals surface area contributed by atoms with Crippen LogP contribution in [-0.2, 0) is 29.7 Å². The van der Waals surface area contributed by atoms with Crippen molar-refractivity contribution >= 4 is 24.1 Å². The molecular weight excluding hydrogens is 487 g/mol. The fourth-order valence-electron chi connectivity index (χ4n) is 3.91. The van der Waals surface area contributed by atoms with Crippen molar-refractivity contribution in [2.75, 3.05) is 12.4 Å². The van der Waals surface area contributed by atoms with Crippen LogP contribution in [0.1, 0.15) is 137 Å². The summed E-state index contributed by atoms with van der Waals surface area (Å²) in [5.41, 5.74) is -1.43. The molecule has 0 aliphatic carbocycles. The number of carbonyl (C=O) groups is 1. The van der Waals surface area contributed by atoms with Crippen molar-refractivity contribution in [3.05, 3.63) is 0 Å². The summed E-state index contributed by atoms with van der Waals surface area (Å²) in [5, 5.41) is -0.294. The quantitative estimate of drug-likeness (QED) is 0.0536. The standard InChI is InChI=1S/C26H53O7PS/c1-5-8-10-12-13-14-15-16-18-20-23-35(30)25(21-19-17-11-9-6-2)24(4)32-33-26(27)34(28,29)31-22-7-3/h24-25H,5-23H2,1-4H3,(H,28,29). The summed E-state index contributed by atoms with van der Waals surface area (Å²) in [6, 6.07) is 0. The second kappa shape index (κ2) is 22.9. The molecule has 4 unspecified atom stereocenters. The zero-order valence-electron chi connectivity index (χ0n) is 22.8. The number of rotatable bonds is 25. The Hall–Kier alpha value is -0.270. The lowest BCUT2D eigenvalue weighted by Gasteiger charge is -2.22. The lowest BCUT2D eigenvalue weighted by molar-refractivity contribution is -0.262. The monoisotopic (exact) mass is 540 g/mol. The minimum absolute atomic E-state index is 0.0261. The topological polar surface area (TPSA) is 99.1 Å². The van der Waals surface area contributed by atoms with Crippen molar-refractivity contribution in [1.29, 1.82) is 0 Å². The molecule has 0 aromatic rings. The van der Waals surface area contributed by atoms with Crippen molar-refractivity contribution in [2.24, 2.45) is 0 Å². The molecule has 0 spiro atoms. The molecule has 0 bridgehead atoms. The average molecular weight is 541 g/mol. The predicted molar refractivity (Wildman–Crippen MR) is 145 cm³/mol. The summed E-state index contributed by atoms with van der Waals surface area (Å²) < 4.78 is 29.7. The maximum Gasteiger partial charge on any atom is 0.452 e. The van der Waals surface area contributed by atoms with Gasteiger partial charge in [0.25, 0.3) is 0 Å². The van der Waals surface area contributed by atoms with Crippen molar-refractivity contribution in [2.45, 2.75) is 148 Å². The molecule has 0 heterocycles. The van der Waals surface area contributed by atoms with Gasteiger partial charge in [0, 0.05) is 16.6 Å². The van der Waals surface area contributed by atoms with Crippen LogP contribution in [-0.4, -0.2) is 38.5 Å². The van der Waals surface area contributed by atoms with E-state index in [0.29, 0.717) is 18.6 Å². The lowest BCUT2D eigenvalue weighted by atomic mass is 10.1. The zero-order valence-corrected chi connectivity index (χ0v) is 24.6. The van der Waals surface area contributed by atoms with Crippen LogP contribution in [0.15, 0.2) is 0 Å². The smallest absolute Gasteiger partial charge is 0.316 e. The Morgan fingerprint density at radius 3 is 1.80 bits per heavy atom. The minimum Gasteiger partial charge on any atom is -0.316 e. The normalized spacial score (nSPS) is 15.9. The predicted octanol–water partition coefficient (Wildman–Crippen LogP) is 8.45. The van der Waals surface area contributed by atoms with E-state index in [0.717, 1.165) is 38.5 Å². The van der Waals surface area contributed by atoms with Gasteiger partial charge in [-0.2, -0.15) is 4.89 Å². The summed E-state index contributed by atoms with van der Waals surface area (Å²) in [6.45, 7) is 7.84. The first kappa shape index (κ1) is 34.7. The molecule has 0 aromatic heterocycles. The van der Waals surface area contributed by atoms with E-state index in [1.54, 1.807) is 13.8 Å². The van der Waals surface area contributed by atoms with E-state index in [-0.39, 0.29) is 11.9 Å². The van der Waals surface area contributed by atoms with E-state index >= 15 is 0 Å². The van der Waals surface area contributed by atoms with Gasteiger partial charge in [-0.1, -0.05) is 111 Å². The van der Waals surface area contributed by atoms with Gasteiger partial charge in [-0.05, 0) is 26.2 Å². The SMILES string of the molecule is CCCCCCCCCCCCS(=O)C(CCCCCCC)C(C)OOC(=O)P(=O)(O)OCCC. The molecule has 4 atom stereocenters. The van der Waals surface area contributed by atoms with Crippen LogP contribution in [0.2, 0.25) is 0 Å². The third-order valence-electron chi connectivity index (χ3n) is 6.12. The Morgan fingerprint density at radius 1 is 0.800 bits per heavy atom. The molecule has 35 heavy (non-hydrogen) atoms. The highest BCUT2D eigenvalue weighted by molar-refractivity contribution is 7.85. The van der Waals surface area contributed by atoms with Gasteiger partial charge in [-0.25, -0.2) is 9.36 Å². The highest BCUT2D eigenvalue weighted by atomic mass is 32.2. The van der Waals surface area contributed by atoms with Gasteiger partial charge in [0.15, 0.2) is 0 Å². The van der Waals surface area contributed by atoms with Gasteiger partial charge in [-0.3, -0.25) is 9.10 Å². The second-order valence-corrected chi connectivity index (χ2v) is 13.0. The van der Waals surface area contributed by atoms with Gasteiger partial charge in [-0.15, -0.1) is 0 Å². The van der Waals surface area contributed by atoms with E-state index in [2.05, 4.69) is 18.7 Å². The van der Waals surface area contributed by atoms with Gasteiger partial charge >= 0.3 is 13.3 Å². The summed E-state index contributed by atoms with van der Waals surface area (Å²) in [6.07, 6.45) is 18.3. The van der Waals surface area contributed by atoms with Crippen molar-refractivity contribution in [1.82, 2.24) is 0 Å². The van der Waals surface area contributed by atoms with E-state index in [1.165, 1.54) is 57.8 Å². The van der Waals surface area contributed by atoms with E-state index in [1.807, 2.05) is 0 Å². The Kier molecular flexibility index (Phi) is 22.7. The van der Waals surface area contributed by atoms with Crippen molar-refractivity contribution in [3.8, 4) is 0 Å². The van der Waals surface area contributed by atoms with Gasteiger partial charge in [0.1, 0.15) is 6.10 Å². The molecule has 0 saturated carbocycles. The Balaban J connectivity index is 4.52. The first-order chi connectivity index (χ1) is 16.8. The van der Waals surface area contributed by atoms with E-state index in [4.69, 9.17) is 9.41 Å². The average Bonchev–Trinajstić information content (AvgIpc) is 2.84.